The van der Waals surface area contributed by atoms with E-state index >= 15 is 0 Å². The first-order valence-corrected chi connectivity index (χ1v) is 9.91. The molecule has 7 nitrogen and oxygen atoms in total. The summed E-state index contributed by atoms with van der Waals surface area (Å²) in [4.78, 5) is 25.8. The van der Waals surface area contributed by atoms with Gasteiger partial charge in [-0.15, -0.1) is 0 Å². The smallest absolute Gasteiger partial charge is 0.248 e. The normalized spacial score (nSPS) is 15.1. The van der Waals surface area contributed by atoms with Crippen LogP contribution in [0.25, 0.3) is 0 Å². The van der Waals surface area contributed by atoms with E-state index in [1.165, 1.54) is 0 Å². The molecule has 0 spiro atoms. The number of hydrogen-bond donors (Lipinski definition) is 1. The minimum Gasteiger partial charge on any atom is -0.456 e. The number of benzene rings is 3. The van der Waals surface area contributed by atoms with Crippen LogP contribution < -0.4 is 15.4 Å². The maximum absolute atomic E-state index is 12.7. The maximum atomic E-state index is 12.7. The standard InChI is InChI=1S/C25H18N4O3/c26-13-16-3-1-6-22(9-16)32-23-11-17(7-8-19(23)14-27)20-12-24(30)29(15-20)21-5-2-4-18(10-21)25(28)31/h1-11,20H,12,15H2,(H2,28,31)/t20-/m0/s1. The van der Waals surface area contributed by atoms with E-state index in [9.17, 15) is 14.9 Å². The van der Waals surface area contributed by atoms with Crippen molar-refractivity contribution < 1.29 is 14.3 Å². The summed E-state index contributed by atoms with van der Waals surface area (Å²) < 4.78 is 5.90. The van der Waals surface area contributed by atoms with Crippen LogP contribution >= 0.6 is 0 Å². The predicted molar refractivity (Wildman–Crippen MR) is 117 cm³/mol. The van der Waals surface area contributed by atoms with Gasteiger partial charge in [-0.2, -0.15) is 10.5 Å². The first kappa shape index (κ1) is 20.6. The topological polar surface area (TPSA) is 120 Å². The van der Waals surface area contributed by atoms with E-state index in [1.807, 2.05) is 6.07 Å². The Kier molecular flexibility index (Phi) is 5.57. The van der Waals surface area contributed by atoms with Crippen LogP contribution in [0.3, 0.4) is 0 Å². The molecule has 0 aliphatic carbocycles. The van der Waals surface area contributed by atoms with E-state index in [0.717, 1.165) is 5.56 Å². The Labute approximate surface area is 184 Å². The van der Waals surface area contributed by atoms with Gasteiger partial charge in [0.2, 0.25) is 11.8 Å². The molecule has 0 saturated carbocycles. The fourth-order valence-electron chi connectivity index (χ4n) is 3.73. The molecule has 1 atom stereocenters. The number of primary amides is 1. The molecule has 0 aromatic heterocycles. The second-order valence-corrected chi connectivity index (χ2v) is 7.43. The molecule has 32 heavy (non-hydrogen) atoms. The van der Waals surface area contributed by atoms with Crippen molar-refractivity contribution in [2.75, 3.05) is 11.4 Å². The van der Waals surface area contributed by atoms with Crippen LogP contribution in [0.2, 0.25) is 0 Å². The lowest BCUT2D eigenvalue weighted by molar-refractivity contribution is -0.117. The van der Waals surface area contributed by atoms with Gasteiger partial charge in [0.25, 0.3) is 0 Å². The lowest BCUT2D eigenvalue weighted by Gasteiger charge is -2.18. The molecule has 1 aliphatic heterocycles. The minimum absolute atomic E-state index is 0.0647. The lowest BCUT2D eigenvalue weighted by Crippen LogP contribution is -2.24. The quantitative estimate of drug-likeness (QED) is 0.670. The second kappa shape index (κ2) is 8.63. The Hall–Kier alpha value is -4.62. The average molecular weight is 422 g/mol. The third kappa shape index (κ3) is 4.14. The number of hydrogen-bond acceptors (Lipinski definition) is 5. The molecule has 0 bridgehead atoms. The van der Waals surface area contributed by atoms with Crippen molar-refractivity contribution in [3.8, 4) is 23.6 Å². The van der Waals surface area contributed by atoms with Gasteiger partial charge < -0.3 is 15.4 Å². The van der Waals surface area contributed by atoms with Gasteiger partial charge in [-0.05, 0) is 54.1 Å². The predicted octanol–water partition coefficient (Wildman–Crippen LogP) is 3.84. The van der Waals surface area contributed by atoms with Crippen molar-refractivity contribution in [2.45, 2.75) is 12.3 Å². The summed E-state index contributed by atoms with van der Waals surface area (Å²) in [6.45, 7) is 0.427. The highest BCUT2D eigenvalue weighted by atomic mass is 16.5. The zero-order valence-electron chi connectivity index (χ0n) is 17.0. The van der Waals surface area contributed by atoms with Crippen LogP contribution in [0.5, 0.6) is 11.5 Å². The zero-order valence-corrected chi connectivity index (χ0v) is 17.0. The van der Waals surface area contributed by atoms with Crippen LogP contribution in [0.4, 0.5) is 5.69 Å². The van der Waals surface area contributed by atoms with Gasteiger partial charge in [0.15, 0.2) is 0 Å². The molecule has 3 aromatic rings. The molecule has 2 N–H and O–H groups in total. The summed E-state index contributed by atoms with van der Waals surface area (Å²) >= 11 is 0. The number of rotatable bonds is 5. The number of nitrogens with two attached hydrogens (primary N) is 1. The van der Waals surface area contributed by atoms with Crippen LogP contribution in [-0.2, 0) is 4.79 Å². The Bertz CT molecular complexity index is 1300. The first-order valence-electron chi connectivity index (χ1n) is 9.91. The molecule has 1 saturated heterocycles. The summed E-state index contributed by atoms with van der Waals surface area (Å²) in [5.74, 6) is 0.0849. The molecule has 2 amide bonds. The molecule has 1 fully saturated rings. The summed E-state index contributed by atoms with van der Waals surface area (Å²) in [5.41, 5.74) is 7.98. The van der Waals surface area contributed by atoms with Gasteiger partial charge in [-0.1, -0.05) is 18.2 Å². The molecule has 1 aliphatic rings. The summed E-state index contributed by atoms with van der Waals surface area (Å²) in [7, 11) is 0. The third-order valence-electron chi connectivity index (χ3n) is 5.36. The van der Waals surface area contributed by atoms with Crippen molar-refractivity contribution in [3.05, 3.63) is 89.0 Å². The van der Waals surface area contributed by atoms with Crippen molar-refractivity contribution in [1.82, 2.24) is 0 Å². The van der Waals surface area contributed by atoms with Crippen molar-refractivity contribution >= 4 is 17.5 Å². The number of carbonyl (C=O) groups excluding carboxylic acids is 2. The van der Waals surface area contributed by atoms with Crippen LogP contribution in [-0.4, -0.2) is 18.4 Å². The highest BCUT2D eigenvalue weighted by Gasteiger charge is 2.32. The highest BCUT2D eigenvalue weighted by Crippen LogP contribution is 2.35. The molecular formula is C25H18N4O3. The Morgan fingerprint density at radius 1 is 1.03 bits per heavy atom. The highest BCUT2D eigenvalue weighted by molar-refractivity contribution is 5.99. The van der Waals surface area contributed by atoms with E-state index in [1.54, 1.807) is 65.6 Å². The first-order chi connectivity index (χ1) is 15.5. The largest absolute Gasteiger partial charge is 0.456 e. The summed E-state index contributed by atoms with van der Waals surface area (Å²) in [6.07, 6.45) is 0.288. The molecule has 0 unspecified atom stereocenters. The monoisotopic (exact) mass is 422 g/mol. The number of amides is 2. The number of ether oxygens (including phenoxy) is 1. The van der Waals surface area contributed by atoms with Gasteiger partial charge in [-0.25, -0.2) is 0 Å². The second-order valence-electron chi connectivity index (χ2n) is 7.43. The van der Waals surface area contributed by atoms with E-state index in [4.69, 9.17) is 15.7 Å². The minimum atomic E-state index is -0.551. The van der Waals surface area contributed by atoms with Crippen LogP contribution in [0.15, 0.2) is 66.7 Å². The van der Waals surface area contributed by atoms with Crippen LogP contribution in [0.1, 0.15) is 39.4 Å². The molecule has 156 valence electrons. The Balaban J connectivity index is 1.60. The number of nitrogens with zero attached hydrogens (tertiary/aromatic N) is 3. The molecular weight excluding hydrogens is 404 g/mol. The van der Waals surface area contributed by atoms with Crippen molar-refractivity contribution in [2.24, 2.45) is 5.73 Å². The average Bonchev–Trinajstić information content (AvgIpc) is 3.21. The lowest BCUT2D eigenvalue weighted by atomic mass is 9.96. The third-order valence-corrected chi connectivity index (χ3v) is 5.36. The van der Waals surface area contributed by atoms with Gasteiger partial charge >= 0.3 is 0 Å². The fourth-order valence-corrected chi connectivity index (χ4v) is 3.73. The Morgan fingerprint density at radius 2 is 1.84 bits per heavy atom. The van der Waals surface area contributed by atoms with E-state index in [-0.39, 0.29) is 18.2 Å². The number of nitriles is 2. The van der Waals surface area contributed by atoms with E-state index in [2.05, 4.69) is 12.1 Å². The number of anilines is 1. The van der Waals surface area contributed by atoms with Gasteiger partial charge in [-0.3, -0.25) is 9.59 Å². The summed E-state index contributed by atoms with van der Waals surface area (Å²) in [5, 5.41) is 18.6. The van der Waals surface area contributed by atoms with Gasteiger partial charge in [0.1, 0.15) is 17.6 Å². The molecule has 7 heteroatoms. The Morgan fingerprint density at radius 3 is 2.59 bits per heavy atom. The molecule has 0 radical (unpaired) electrons. The fraction of sp³-hybridized carbons (Fsp3) is 0.120. The maximum Gasteiger partial charge on any atom is 0.248 e. The SMILES string of the molecule is N#Cc1cccc(Oc2cc([C@H]3CC(=O)N(c4cccc(C(N)=O)c4)C3)ccc2C#N)c1. The number of carbonyl (C=O) groups is 2. The van der Waals surface area contributed by atoms with E-state index < -0.39 is 5.91 Å². The van der Waals surface area contributed by atoms with Crippen LogP contribution in [0, 0.1) is 22.7 Å². The summed E-state index contributed by atoms with van der Waals surface area (Å²) in [6, 6.07) is 22.8. The van der Waals surface area contributed by atoms with Gasteiger partial charge in [0.05, 0.1) is 17.2 Å². The van der Waals surface area contributed by atoms with Crippen molar-refractivity contribution in [1.29, 1.82) is 10.5 Å². The zero-order chi connectivity index (χ0) is 22.7. The van der Waals surface area contributed by atoms with Gasteiger partial charge in [0, 0.05) is 30.1 Å². The van der Waals surface area contributed by atoms with Crippen molar-refractivity contribution in [3.63, 3.8) is 0 Å². The molecule has 3 aromatic carbocycles. The van der Waals surface area contributed by atoms with E-state index in [0.29, 0.717) is 40.4 Å². The molecule has 4 rings (SSSR count). The molecule has 1 heterocycles.